The normalized spacial score (nSPS) is 23.2. The van der Waals surface area contributed by atoms with Crippen molar-refractivity contribution in [2.45, 2.75) is 31.6 Å². The minimum Gasteiger partial charge on any atom is -0.550 e. The first-order valence-electron chi connectivity index (χ1n) is 6.77. The van der Waals surface area contributed by atoms with E-state index in [1.54, 1.807) is 0 Å². The van der Waals surface area contributed by atoms with Crippen molar-refractivity contribution in [2.75, 3.05) is 0 Å². The fourth-order valence-electron chi connectivity index (χ4n) is 2.38. The van der Waals surface area contributed by atoms with Gasteiger partial charge in [0.2, 0.25) is 11.8 Å². The van der Waals surface area contributed by atoms with Crippen LogP contribution in [0.4, 0.5) is 0 Å². The zero-order chi connectivity index (χ0) is 15.5. The number of carbonyl (C=O) groups excluding carboxylic acids is 3. The van der Waals surface area contributed by atoms with Crippen molar-refractivity contribution in [3.63, 3.8) is 0 Å². The van der Waals surface area contributed by atoms with Gasteiger partial charge in [0, 0.05) is 23.7 Å². The van der Waals surface area contributed by atoms with Crippen LogP contribution < -0.4 is 16.0 Å². The van der Waals surface area contributed by atoms with Crippen LogP contribution in [-0.2, 0) is 19.8 Å². The number of carboxylic acid groups (broad SMARTS) is 1. The van der Waals surface area contributed by atoms with Crippen LogP contribution in [-0.4, -0.2) is 17.8 Å². The second-order valence-electron chi connectivity index (χ2n) is 5.45. The predicted octanol–water partition coefficient (Wildman–Crippen LogP) is -0.358. The molecule has 1 aliphatic rings. The summed E-state index contributed by atoms with van der Waals surface area (Å²) in [6.07, 6.45) is 0.133. The lowest BCUT2D eigenvalue weighted by Crippen LogP contribution is -2.43. The second kappa shape index (κ2) is 5.95. The number of benzene rings is 1. The molecule has 2 atom stereocenters. The third-order valence-electron chi connectivity index (χ3n) is 3.87. The molecule has 0 bridgehead atoms. The molecule has 2 rings (SSSR count). The zero-order valence-corrected chi connectivity index (χ0v) is 11.7. The average molecular weight is 289 g/mol. The molecule has 0 radical (unpaired) electrons. The molecule has 1 aromatic rings. The summed E-state index contributed by atoms with van der Waals surface area (Å²) in [4.78, 5) is 33.5. The Morgan fingerprint density at radius 2 is 1.86 bits per heavy atom. The molecule has 0 aromatic heterocycles. The van der Waals surface area contributed by atoms with Gasteiger partial charge >= 0.3 is 0 Å². The highest BCUT2D eigenvalue weighted by Gasteiger charge is 2.55. The van der Waals surface area contributed by atoms with Gasteiger partial charge in [-0.15, -0.1) is 0 Å². The number of rotatable bonds is 5. The van der Waals surface area contributed by atoms with Crippen LogP contribution in [0.15, 0.2) is 30.3 Å². The van der Waals surface area contributed by atoms with E-state index in [-0.39, 0.29) is 30.1 Å². The summed E-state index contributed by atoms with van der Waals surface area (Å²) in [5, 5.41) is 10.2. The molecule has 0 unspecified atom stereocenters. The lowest BCUT2D eigenvalue weighted by Gasteiger charge is -2.12. The van der Waals surface area contributed by atoms with Crippen molar-refractivity contribution in [3.05, 3.63) is 35.9 Å². The van der Waals surface area contributed by atoms with E-state index in [0.717, 1.165) is 12.0 Å². The Morgan fingerprint density at radius 1 is 1.19 bits per heavy atom. The number of aliphatic carboxylic acids is 1. The van der Waals surface area contributed by atoms with Gasteiger partial charge in [-0.05, 0) is 18.4 Å². The second-order valence-corrected chi connectivity index (χ2v) is 5.45. The number of hydrogen-bond donors (Lipinski definition) is 2. The molecule has 21 heavy (non-hydrogen) atoms. The Bertz CT molecular complexity index is 558. The Balaban J connectivity index is 1.81. The quantitative estimate of drug-likeness (QED) is 0.723. The van der Waals surface area contributed by atoms with Crippen LogP contribution in [0, 0.1) is 5.92 Å². The number of hydrazine groups is 1. The molecule has 0 saturated heterocycles. The SMILES string of the molecule is C[C@@]1(c2ccccc2)C[C@H]1C(=O)NNC(=O)CCC(=O)[O-]. The molecule has 6 heteroatoms. The van der Waals surface area contributed by atoms with E-state index >= 15 is 0 Å². The lowest BCUT2D eigenvalue weighted by atomic mass is 9.95. The van der Waals surface area contributed by atoms with Gasteiger partial charge in [-0.25, -0.2) is 0 Å². The van der Waals surface area contributed by atoms with Gasteiger partial charge in [0.25, 0.3) is 0 Å². The largest absolute Gasteiger partial charge is 0.550 e. The number of carbonyl (C=O) groups is 3. The van der Waals surface area contributed by atoms with Gasteiger partial charge < -0.3 is 9.90 Å². The first-order valence-corrected chi connectivity index (χ1v) is 6.77. The molecule has 1 aliphatic carbocycles. The summed E-state index contributed by atoms with van der Waals surface area (Å²) >= 11 is 0. The van der Waals surface area contributed by atoms with E-state index in [4.69, 9.17) is 0 Å². The monoisotopic (exact) mass is 289 g/mol. The number of nitrogens with one attached hydrogen (secondary N) is 2. The Morgan fingerprint density at radius 3 is 2.48 bits per heavy atom. The van der Waals surface area contributed by atoms with Gasteiger partial charge in [0.15, 0.2) is 0 Å². The van der Waals surface area contributed by atoms with Crippen molar-refractivity contribution in [2.24, 2.45) is 5.92 Å². The van der Waals surface area contributed by atoms with E-state index in [0.29, 0.717) is 0 Å². The van der Waals surface area contributed by atoms with Crippen LogP contribution in [0.2, 0.25) is 0 Å². The van der Waals surface area contributed by atoms with E-state index in [2.05, 4.69) is 10.9 Å². The number of carboxylic acids is 1. The van der Waals surface area contributed by atoms with Crippen molar-refractivity contribution < 1.29 is 19.5 Å². The minimum atomic E-state index is -1.30. The van der Waals surface area contributed by atoms with Gasteiger partial charge in [-0.3, -0.25) is 20.4 Å². The summed E-state index contributed by atoms with van der Waals surface area (Å²) in [7, 11) is 0. The van der Waals surface area contributed by atoms with Crippen molar-refractivity contribution >= 4 is 17.8 Å². The first kappa shape index (κ1) is 15.0. The maximum absolute atomic E-state index is 12.0. The summed E-state index contributed by atoms with van der Waals surface area (Å²) in [6, 6.07) is 9.73. The molecule has 0 aliphatic heterocycles. The third kappa shape index (κ3) is 3.59. The van der Waals surface area contributed by atoms with Crippen molar-refractivity contribution in [1.82, 2.24) is 10.9 Å². The van der Waals surface area contributed by atoms with Gasteiger partial charge in [0.05, 0.1) is 0 Å². The molecule has 6 nitrogen and oxygen atoms in total. The molecular formula is C15H17N2O4-. The molecule has 2 N–H and O–H groups in total. The molecule has 0 heterocycles. The number of amides is 2. The molecule has 1 saturated carbocycles. The lowest BCUT2D eigenvalue weighted by molar-refractivity contribution is -0.305. The van der Waals surface area contributed by atoms with E-state index < -0.39 is 11.9 Å². The minimum absolute atomic E-state index is 0.193. The molecule has 1 aromatic carbocycles. The highest BCUT2D eigenvalue weighted by Crippen LogP contribution is 2.53. The highest BCUT2D eigenvalue weighted by atomic mass is 16.4. The number of hydrogen-bond acceptors (Lipinski definition) is 4. The van der Waals surface area contributed by atoms with Gasteiger partial charge in [-0.2, -0.15) is 0 Å². The molecule has 112 valence electrons. The molecule has 1 fully saturated rings. The standard InChI is InChI=1S/C15H18N2O4/c1-15(10-5-3-2-4-6-10)9-11(15)14(21)17-16-12(18)7-8-13(19)20/h2-6,11H,7-9H2,1H3,(H,16,18)(H,17,21)(H,19,20)/p-1/t11-,15-/m0/s1. The Labute approximate surface area is 122 Å². The van der Waals surface area contributed by atoms with Crippen LogP contribution in [0.5, 0.6) is 0 Å². The third-order valence-corrected chi connectivity index (χ3v) is 3.87. The van der Waals surface area contributed by atoms with E-state index in [1.165, 1.54) is 0 Å². The van der Waals surface area contributed by atoms with Gasteiger partial charge in [0.1, 0.15) is 0 Å². The fraction of sp³-hybridized carbons (Fsp3) is 0.400. The maximum atomic E-state index is 12.0. The van der Waals surface area contributed by atoms with E-state index in [1.807, 2.05) is 37.3 Å². The summed E-state index contributed by atoms with van der Waals surface area (Å²) in [5.41, 5.74) is 5.44. The van der Waals surface area contributed by atoms with Crippen molar-refractivity contribution in [3.8, 4) is 0 Å². The van der Waals surface area contributed by atoms with Crippen LogP contribution in [0.3, 0.4) is 0 Å². The summed E-state index contributed by atoms with van der Waals surface area (Å²) < 4.78 is 0. The van der Waals surface area contributed by atoms with Crippen molar-refractivity contribution in [1.29, 1.82) is 0 Å². The first-order chi connectivity index (χ1) is 9.93. The Hall–Kier alpha value is -2.37. The molecule has 0 spiro atoms. The fourth-order valence-corrected chi connectivity index (χ4v) is 2.38. The van der Waals surface area contributed by atoms with Crippen LogP contribution >= 0.6 is 0 Å². The highest BCUT2D eigenvalue weighted by molar-refractivity contribution is 5.87. The topological polar surface area (TPSA) is 98.3 Å². The van der Waals surface area contributed by atoms with E-state index in [9.17, 15) is 19.5 Å². The average Bonchev–Trinajstić information content (AvgIpc) is 3.17. The zero-order valence-electron chi connectivity index (χ0n) is 11.7. The predicted molar refractivity (Wildman–Crippen MR) is 72.4 cm³/mol. The molecule has 2 amide bonds. The summed E-state index contributed by atoms with van der Waals surface area (Å²) in [6.45, 7) is 2.00. The van der Waals surface area contributed by atoms with Gasteiger partial charge in [-0.1, -0.05) is 37.3 Å². The maximum Gasteiger partial charge on any atom is 0.242 e. The summed E-state index contributed by atoms with van der Waals surface area (Å²) in [5.74, 6) is -2.30. The van der Waals surface area contributed by atoms with Crippen LogP contribution in [0.1, 0.15) is 31.7 Å². The molecular weight excluding hydrogens is 272 g/mol. The van der Waals surface area contributed by atoms with Crippen LogP contribution in [0.25, 0.3) is 0 Å². The smallest absolute Gasteiger partial charge is 0.242 e. The Kier molecular flexibility index (Phi) is 4.26.